The zero-order valence-corrected chi connectivity index (χ0v) is 32.6. The molecule has 2 aliphatic carbocycles. The summed E-state index contributed by atoms with van der Waals surface area (Å²) < 4.78 is 11.7. The number of unbranched alkanes of at least 4 members (excludes halogenated alkanes) is 12. The van der Waals surface area contributed by atoms with Crippen LogP contribution in [-0.2, 0) is 23.9 Å². The van der Waals surface area contributed by atoms with Crippen molar-refractivity contribution in [1.82, 2.24) is 10.6 Å². The molecule has 1 aliphatic heterocycles. The van der Waals surface area contributed by atoms with E-state index in [0.29, 0.717) is 6.61 Å². The van der Waals surface area contributed by atoms with Crippen molar-refractivity contribution in [2.24, 2.45) is 22.7 Å². The maximum absolute atomic E-state index is 14.0. The molecule has 8 heteroatoms. The monoisotopic (exact) mass is 703 g/mol. The number of carboxylic acids is 1. The molecular weight excluding hydrogens is 628 g/mol. The summed E-state index contributed by atoms with van der Waals surface area (Å²) in [5.74, 6) is -2.99. The molecule has 288 valence electrons. The number of carbonyl (C=O) groups is 3. The van der Waals surface area contributed by atoms with Gasteiger partial charge in [-0.15, -0.1) is 0 Å². The van der Waals surface area contributed by atoms with Crippen molar-refractivity contribution in [2.45, 2.75) is 200 Å². The van der Waals surface area contributed by atoms with E-state index < -0.39 is 29.2 Å². The number of rotatable bonds is 23. The molecule has 0 radical (unpaired) electrons. The Labute approximate surface area is 305 Å². The maximum Gasteiger partial charge on any atom is 0.308 e. The molecule has 4 unspecified atom stereocenters. The van der Waals surface area contributed by atoms with Gasteiger partial charge in [-0.05, 0) is 77.6 Å². The van der Waals surface area contributed by atoms with Crippen LogP contribution in [0.1, 0.15) is 182 Å². The van der Waals surface area contributed by atoms with Gasteiger partial charge in [0.2, 0.25) is 11.8 Å². The number of hydrogen-bond acceptors (Lipinski definition) is 5. The Morgan fingerprint density at radius 2 is 1.40 bits per heavy atom. The summed E-state index contributed by atoms with van der Waals surface area (Å²) in [4.78, 5) is 39.9. The average Bonchev–Trinajstić information content (AvgIpc) is 3.53. The standard InChI is InChI=1S/C42H74N2O6/c1-6-7-8-9-10-11-12-13-14-15-16-17-18-19-20-22-28-42(29-23-21-24-30-42)39(48)44-35-27-25-26-33(35)34(38(46)47)31-43-37(45)36-40(2,3)32-49-41(4,5)50-36/h13-14,33-36H,6-12,15-32H2,1-5H3,(H,43,45)(H,44,48)(H,46,47). The minimum absolute atomic E-state index is 0.0169. The molecule has 0 aromatic carbocycles. The molecule has 2 amide bonds. The first-order valence-corrected chi connectivity index (χ1v) is 20.7. The first-order chi connectivity index (χ1) is 23.9. The van der Waals surface area contributed by atoms with Crippen LogP contribution in [0.3, 0.4) is 0 Å². The second-order valence-corrected chi connectivity index (χ2v) is 17.1. The van der Waals surface area contributed by atoms with Crippen LogP contribution in [0, 0.1) is 22.7 Å². The second-order valence-electron chi connectivity index (χ2n) is 17.1. The molecule has 0 aromatic rings. The smallest absolute Gasteiger partial charge is 0.308 e. The molecule has 8 nitrogen and oxygen atoms in total. The molecule has 0 bridgehead atoms. The highest BCUT2D eigenvalue weighted by atomic mass is 16.7. The number of amides is 2. The van der Waals surface area contributed by atoms with Gasteiger partial charge in [0.25, 0.3) is 0 Å². The van der Waals surface area contributed by atoms with Gasteiger partial charge in [0.1, 0.15) is 6.10 Å². The highest BCUT2D eigenvalue weighted by molar-refractivity contribution is 5.84. The van der Waals surface area contributed by atoms with Gasteiger partial charge in [-0.2, -0.15) is 0 Å². The minimum Gasteiger partial charge on any atom is -0.481 e. The van der Waals surface area contributed by atoms with Crippen LogP contribution < -0.4 is 10.6 Å². The van der Waals surface area contributed by atoms with E-state index in [1.807, 2.05) is 13.8 Å². The van der Waals surface area contributed by atoms with Crippen molar-refractivity contribution >= 4 is 17.8 Å². The van der Waals surface area contributed by atoms with Crippen molar-refractivity contribution in [1.29, 1.82) is 0 Å². The maximum atomic E-state index is 14.0. The van der Waals surface area contributed by atoms with E-state index in [-0.39, 0.29) is 35.7 Å². The number of hydrogen-bond donors (Lipinski definition) is 3. The molecule has 0 spiro atoms. The van der Waals surface area contributed by atoms with Crippen LogP contribution in [0.5, 0.6) is 0 Å². The lowest BCUT2D eigenvalue weighted by atomic mass is 9.70. The van der Waals surface area contributed by atoms with E-state index in [0.717, 1.165) is 57.8 Å². The third kappa shape index (κ3) is 13.9. The summed E-state index contributed by atoms with van der Waals surface area (Å²) in [6.07, 6.45) is 30.4. The van der Waals surface area contributed by atoms with Crippen LogP contribution in [0.2, 0.25) is 0 Å². The van der Waals surface area contributed by atoms with Crippen LogP contribution in [0.25, 0.3) is 0 Å². The Morgan fingerprint density at radius 3 is 2.02 bits per heavy atom. The molecule has 0 aromatic heterocycles. The fourth-order valence-electron chi connectivity index (χ4n) is 8.55. The Bertz CT molecular complexity index is 1050. The van der Waals surface area contributed by atoms with E-state index in [2.05, 4.69) is 29.7 Å². The normalized spacial score (nSPS) is 24.9. The SMILES string of the molecule is CCCCCCCCC=CCCCCCCCCC1(C(=O)NC2CCCC2C(CNC(=O)C2OC(C)(C)OCC2(C)C)C(=O)O)CCCCC1. The summed E-state index contributed by atoms with van der Waals surface area (Å²) in [5, 5.41) is 16.6. The quantitative estimate of drug-likeness (QED) is 0.0722. The van der Waals surface area contributed by atoms with Gasteiger partial charge in [-0.1, -0.05) is 123 Å². The lowest BCUT2D eigenvalue weighted by molar-refractivity contribution is -0.304. The van der Waals surface area contributed by atoms with E-state index in [9.17, 15) is 19.5 Å². The van der Waals surface area contributed by atoms with Crippen LogP contribution in [-0.4, -0.2) is 54.0 Å². The molecule has 3 N–H and O–H groups in total. The van der Waals surface area contributed by atoms with Gasteiger partial charge in [-0.3, -0.25) is 14.4 Å². The van der Waals surface area contributed by atoms with E-state index >= 15 is 0 Å². The number of aliphatic carboxylic acids is 1. The second kappa shape index (κ2) is 21.6. The topological polar surface area (TPSA) is 114 Å². The Hall–Kier alpha value is -1.93. The van der Waals surface area contributed by atoms with Crippen LogP contribution >= 0.6 is 0 Å². The Kier molecular flexibility index (Phi) is 18.3. The summed E-state index contributed by atoms with van der Waals surface area (Å²) in [5.41, 5.74) is -0.877. The fraction of sp³-hybridized carbons (Fsp3) is 0.881. The summed E-state index contributed by atoms with van der Waals surface area (Å²) >= 11 is 0. The predicted molar refractivity (Wildman–Crippen MR) is 202 cm³/mol. The first-order valence-electron chi connectivity index (χ1n) is 20.7. The number of ether oxygens (including phenoxy) is 2. The van der Waals surface area contributed by atoms with Crippen LogP contribution in [0.4, 0.5) is 0 Å². The number of carboxylic acid groups (broad SMARTS) is 1. The fourth-order valence-corrected chi connectivity index (χ4v) is 8.55. The molecule has 1 saturated heterocycles. The molecule has 3 fully saturated rings. The van der Waals surface area contributed by atoms with E-state index in [1.54, 1.807) is 13.8 Å². The summed E-state index contributed by atoms with van der Waals surface area (Å²) in [6.45, 7) is 10.1. The van der Waals surface area contributed by atoms with Gasteiger partial charge in [0.05, 0.1) is 12.5 Å². The largest absolute Gasteiger partial charge is 0.481 e. The zero-order chi connectivity index (χ0) is 36.5. The van der Waals surface area contributed by atoms with Crippen molar-refractivity contribution in [2.75, 3.05) is 13.2 Å². The Morgan fingerprint density at radius 1 is 0.800 bits per heavy atom. The number of carbonyl (C=O) groups excluding carboxylic acids is 2. The lowest BCUT2D eigenvalue weighted by Crippen LogP contribution is -2.57. The van der Waals surface area contributed by atoms with Gasteiger partial charge in [0, 0.05) is 23.4 Å². The number of nitrogens with one attached hydrogen (secondary N) is 2. The summed E-state index contributed by atoms with van der Waals surface area (Å²) in [7, 11) is 0. The van der Waals surface area contributed by atoms with Gasteiger partial charge >= 0.3 is 5.97 Å². The van der Waals surface area contributed by atoms with E-state index in [1.165, 1.54) is 89.9 Å². The predicted octanol–water partition coefficient (Wildman–Crippen LogP) is 9.64. The summed E-state index contributed by atoms with van der Waals surface area (Å²) in [6, 6.07) is -0.186. The minimum atomic E-state index is -0.930. The molecular formula is C42H74N2O6. The van der Waals surface area contributed by atoms with Crippen LogP contribution in [0.15, 0.2) is 12.2 Å². The van der Waals surface area contributed by atoms with E-state index in [4.69, 9.17) is 9.47 Å². The third-order valence-corrected chi connectivity index (χ3v) is 11.8. The first kappa shape index (κ1) is 42.5. The van der Waals surface area contributed by atoms with Gasteiger partial charge < -0.3 is 25.2 Å². The molecule has 1 heterocycles. The molecule has 4 atom stereocenters. The molecule has 3 aliphatic rings. The average molecular weight is 703 g/mol. The number of allylic oxidation sites excluding steroid dienone is 2. The molecule has 50 heavy (non-hydrogen) atoms. The highest BCUT2D eigenvalue weighted by Crippen LogP contribution is 2.42. The lowest BCUT2D eigenvalue weighted by Gasteiger charge is -2.44. The van der Waals surface area contributed by atoms with Gasteiger partial charge in [0.15, 0.2) is 5.79 Å². The van der Waals surface area contributed by atoms with Crippen molar-refractivity contribution in [3.05, 3.63) is 12.2 Å². The van der Waals surface area contributed by atoms with Gasteiger partial charge in [-0.25, -0.2) is 0 Å². The third-order valence-electron chi connectivity index (χ3n) is 11.8. The molecule has 2 saturated carbocycles. The highest BCUT2D eigenvalue weighted by Gasteiger charge is 2.47. The van der Waals surface area contributed by atoms with Crippen molar-refractivity contribution < 1.29 is 29.0 Å². The van der Waals surface area contributed by atoms with Crippen molar-refractivity contribution in [3.8, 4) is 0 Å². The zero-order valence-electron chi connectivity index (χ0n) is 32.6. The molecule has 3 rings (SSSR count). The van der Waals surface area contributed by atoms with Crippen molar-refractivity contribution in [3.63, 3.8) is 0 Å². The Balaban J connectivity index is 1.42.